The van der Waals surface area contributed by atoms with Crippen molar-refractivity contribution in [3.8, 4) is 6.07 Å². The van der Waals surface area contributed by atoms with E-state index in [1.165, 1.54) is 4.90 Å². The summed E-state index contributed by atoms with van der Waals surface area (Å²) in [6.07, 6.45) is 1.46. The molecule has 1 aromatic carbocycles. The maximum atomic E-state index is 12.2. The van der Waals surface area contributed by atoms with Gasteiger partial charge in [-0.15, -0.1) is 0 Å². The molecule has 0 saturated heterocycles. The average molecular weight is 255 g/mol. The van der Waals surface area contributed by atoms with E-state index in [9.17, 15) is 9.59 Å². The molecule has 2 amide bonds. The molecule has 1 saturated carbocycles. The molecule has 5 nitrogen and oxygen atoms in total. The lowest BCUT2D eigenvalue weighted by molar-refractivity contribution is 0.0462. The van der Waals surface area contributed by atoms with Gasteiger partial charge in [-0.25, -0.2) is 0 Å². The fraction of sp³-hybridized carbons (Fsp3) is 0.357. The SMILES string of the molecule is N#CCNC1CC(N2C(=O)c3ccccc3C2=O)C1. The van der Waals surface area contributed by atoms with E-state index in [-0.39, 0.29) is 23.9 Å². The molecule has 1 aromatic rings. The van der Waals surface area contributed by atoms with Crippen LogP contribution >= 0.6 is 0 Å². The lowest BCUT2D eigenvalue weighted by Crippen LogP contribution is -2.54. The van der Waals surface area contributed by atoms with Crippen molar-refractivity contribution >= 4 is 11.8 Å². The Morgan fingerprint density at radius 3 is 2.32 bits per heavy atom. The van der Waals surface area contributed by atoms with Gasteiger partial charge in [-0.3, -0.25) is 14.5 Å². The van der Waals surface area contributed by atoms with E-state index in [1.54, 1.807) is 24.3 Å². The smallest absolute Gasteiger partial charge is 0.261 e. The monoisotopic (exact) mass is 255 g/mol. The fourth-order valence-corrected chi connectivity index (χ4v) is 2.69. The molecular formula is C14H13N3O2. The first-order valence-electron chi connectivity index (χ1n) is 6.29. The summed E-state index contributed by atoms with van der Waals surface area (Å²) in [5.74, 6) is -0.381. The van der Waals surface area contributed by atoms with Crippen LogP contribution in [0.25, 0.3) is 0 Å². The fourth-order valence-electron chi connectivity index (χ4n) is 2.69. The van der Waals surface area contributed by atoms with Crippen LogP contribution in [-0.2, 0) is 0 Å². The number of hydrogen-bond acceptors (Lipinski definition) is 4. The van der Waals surface area contributed by atoms with Crippen LogP contribution in [0, 0.1) is 11.3 Å². The van der Waals surface area contributed by atoms with Crippen molar-refractivity contribution in [3.05, 3.63) is 35.4 Å². The summed E-state index contributed by atoms with van der Waals surface area (Å²) in [7, 11) is 0. The van der Waals surface area contributed by atoms with E-state index in [4.69, 9.17) is 5.26 Å². The molecule has 0 radical (unpaired) electrons. The molecule has 1 fully saturated rings. The number of nitrogens with one attached hydrogen (secondary N) is 1. The summed E-state index contributed by atoms with van der Waals surface area (Å²) in [5.41, 5.74) is 1.00. The molecule has 0 bridgehead atoms. The molecule has 0 aromatic heterocycles. The Kier molecular flexibility index (Phi) is 2.80. The standard InChI is InChI=1S/C14H13N3O2/c15-5-6-16-9-7-10(8-9)17-13(18)11-3-1-2-4-12(11)14(17)19/h1-4,9-10,16H,6-8H2. The minimum absolute atomic E-state index is 0.0383. The second-order valence-electron chi connectivity index (χ2n) is 4.89. The van der Waals surface area contributed by atoms with Crippen LogP contribution in [0.5, 0.6) is 0 Å². The van der Waals surface area contributed by atoms with Crippen molar-refractivity contribution in [2.45, 2.75) is 24.9 Å². The molecule has 0 unspecified atom stereocenters. The molecule has 1 aliphatic carbocycles. The summed E-state index contributed by atoms with van der Waals surface area (Å²) in [5, 5.41) is 11.5. The maximum absolute atomic E-state index is 12.2. The minimum atomic E-state index is -0.190. The molecule has 2 aliphatic rings. The predicted molar refractivity (Wildman–Crippen MR) is 67.4 cm³/mol. The quantitative estimate of drug-likeness (QED) is 0.644. The summed E-state index contributed by atoms with van der Waals surface area (Å²) in [6.45, 7) is 0.305. The lowest BCUT2D eigenvalue weighted by atomic mass is 9.85. The number of hydrogen-bond donors (Lipinski definition) is 1. The van der Waals surface area contributed by atoms with Crippen molar-refractivity contribution in [1.82, 2.24) is 10.2 Å². The Bertz CT molecular complexity index is 550. The van der Waals surface area contributed by atoms with Crippen molar-refractivity contribution in [3.63, 3.8) is 0 Å². The summed E-state index contributed by atoms with van der Waals surface area (Å²) < 4.78 is 0. The highest BCUT2D eigenvalue weighted by Crippen LogP contribution is 2.32. The Labute approximate surface area is 110 Å². The van der Waals surface area contributed by atoms with Gasteiger partial charge in [-0.05, 0) is 25.0 Å². The number of imide groups is 1. The maximum Gasteiger partial charge on any atom is 0.261 e. The van der Waals surface area contributed by atoms with Gasteiger partial charge in [0, 0.05) is 12.1 Å². The van der Waals surface area contributed by atoms with E-state index in [0.29, 0.717) is 17.7 Å². The van der Waals surface area contributed by atoms with E-state index in [1.807, 2.05) is 6.07 Å². The molecule has 19 heavy (non-hydrogen) atoms. The summed E-state index contributed by atoms with van der Waals surface area (Å²) in [4.78, 5) is 25.8. The van der Waals surface area contributed by atoms with Crippen molar-refractivity contribution in [1.29, 1.82) is 5.26 Å². The van der Waals surface area contributed by atoms with Crippen LogP contribution in [0.2, 0.25) is 0 Å². The molecule has 0 spiro atoms. The van der Waals surface area contributed by atoms with Gasteiger partial charge in [-0.2, -0.15) is 5.26 Å². The highest BCUT2D eigenvalue weighted by Gasteiger charge is 2.44. The number of benzene rings is 1. The first-order chi connectivity index (χ1) is 9.22. The number of nitrogens with zero attached hydrogens (tertiary/aromatic N) is 2. The zero-order valence-corrected chi connectivity index (χ0v) is 10.3. The molecule has 0 atom stereocenters. The van der Waals surface area contributed by atoms with Crippen molar-refractivity contribution < 1.29 is 9.59 Å². The highest BCUT2D eigenvalue weighted by atomic mass is 16.2. The van der Waals surface area contributed by atoms with Gasteiger partial charge in [0.25, 0.3) is 11.8 Å². The van der Waals surface area contributed by atoms with E-state index in [2.05, 4.69) is 5.32 Å². The van der Waals surface area contributed by atoms with Crippen LogP contribution in [0.1, 0.15) is 33.6 Å². The van der Waals surface area contributed by atoms with Gasteiger partial charge >= 0.3 is 0 Å². The van der Waals surface area contributed by atoms with Gasteiger partial charge in [0.2, 0.25) is 0 Å². The number of fused-ring (bicyclic) bond motifs is 1. The lowest BCUT2D eigenvalue weighted by Gasteiger charge is -2.40. The van der Waals surface area contributed by atoms with Crippen molar-refractivity contribution in [2.24, 2.45) is 0 Å². The van der Waals surface area contributed by atoms with Crippen LogP contribution in [0.3, 0.4) is 0 Å². The normalized spacial score (nSPS) is 24.9. The first kappa shape index (κ1) is 11.9. The van der Waals surface area contributed by atoms with Gasteiger partial charge < -0.3 is 5.32 Å². The molecule has 3 rings (SSSR count). The van der Waals surface area contributed by atoms with Gasteiger partial charge in [-0.1, -0.05) is 12.1 Å². The highest BCUT2D eigenvalue weighted by molar-refractivity contribution is 6.21. The van der Waals surface area contributed by atoms with Crippen LogP contribution in [0.15, 0.2) is 24.3 Å². The predicted octanol–water partition coefficient (Wildman–Crippen LogP) is 0.927. The van der Waals surface area contributed by atoms with Gasteiger partial charge in [0.15, 0.2) is 0 Å². The molecule has 5 heteroatoms. The van der Waals surface area contributed by atoms with Crippen molar-refractivity contribution in [2.75, 3.05) is 6.54 Å². The van der Waals surface area contributed by atoms with E-state index < -0.39 is 0 Å². The van der Waals surface area contributed by atoms with Crippen LogP contribution in [-0.4, -0.2) is 35.3 Å². The molecular weight excluding hydrogens is 242 g/mol. The Morgan fingerprint density at radius 1 is 1.21 bits per heavy atom. The Hall–Kier alpha value is -2.19. The largest absolute Gasteiger partial charge is 0.302 e. The summed E-state index contributed by atoms with van der Waals surface area (Å²) in [6, 6.07) is 9.14. The topological polar surface area (TPSA) is 73.2 Å². The number of carbonyl (C=O) groups excluding carboxylic acids is 2. The zero-order chi connectivity index (χ0) is 13.4. The third kappa shape index (κ3) is 1.81. The number of rotatable bonds is 3. The second-order valence-corrected chi connectivity index (χ2v) is 4.89. The summed E-state index contributed by atoms with van der Waals surface area (Å²) >= 11 is 0. The average Bonchev–Trinajstić information content (AvgIpc) is 2.63. The van der Waals surface area contributed by atoms with Gasteiger partial charge in [0.05, 0.1) is 23.7 Å². The third-order valence-electron chi connectivity index (χ3n) is 3.77. The van der Waals surface area contributed by atoms with Crippen LogP contribution < -0.4 is 5.32 Å². The second kappa shape index (κ2) is 4.48. The van der Waals surface area contributed by atoms with Gasteiger partial charge in [0.1, 0.15) is 0 Å². The number of carbonyl (C=O) groups is 2. The molecule has 1 heterocycles. The number of nitriles is 1. The first-order valence-corrected chi connectivity index (χ1v) is 6.29. The third-order valence-corrected chi connectivity index (χ3v) is 3.77. The minimum Gasteiger partial charge on any atom is -0.302 e. The number of amides is 2. The molecule has 1 N–H and O–H groups in total. The molecule has 96 valence electrons. The van der Waals surface area contributed by atoms with Crippen LogP contribution in [0.4, 0.5) is 0 Å². The molecule has 1 aliphatic heterocycles. The van der Waals surface area contributed by atoms with E-state index >= 15 is 0 Å². The van der Waals surface area contributed by atoms with E-state index in [0.717, 1.165) is 12.8 Å². The Balaban J connectivity index is 1.71. The Morgan fingerprint density at radius 2 is 1.79 bits per heavy atom. The zero-order valence-electron chi connectivity index (χ0n) is 10.3.